The maximum absolute atomic E-state index is 5.90. The van der Waals surface area contributed by atoms with Gasteiger partial charge in [0.15, 0.2) is 0 Å². The van der Waals surface area contributed by atoms with E-state index in [2.05, 4.69) is 30.0 Å². The van der Waals surface area contributed by atoms with Gasteiger partial charge in [0.25, 0.3) is 0 Å². The second-order valence-electron chi connectivity index (χ2n) is 5.67. The van der Waals surface area contributed by atoms with E-state index in [0.717, 1.165) is 44.7 Å². The fraction of sp³-hybridized carbons (Fsp3) is 0.647. The second kappa shape index (κ2) is 8.28. The molecule has 0 saturated carbocycles. The van der Waals surface area contributed by atoms with Crippen LogP contribution in [0.5, 0.6) is 5.75 Å². The average molecular weight is 276 g/mol. The third-order valence-electron chi connectivity index (χ3n) is 3.85. The summed E-state index contributed by atoms with van der Waals surface area (Å²) in [4.78, 5) is 2.53. The van der Waals surface area contributed by atoms with Crippen LogP contribution in [-0.2, 0) is 13.0 Å². The highest BCUT2D eigenvalue weighted by atomic mass is 16.5. The molecule has 0 bridgehead atoms. The van der Waals surface area contributed by atoms with Crippen LogP contribution in [0.15, 0.2) is 18.2 Å². The standard InChI is InChI=1S/C17H28N2O/c1-2-12-20-17-8-7-15(6-5-9-18)13-16(17)14-19-10-3-4-11-19/h7-8,13H,2-6,9-12,14,18H2,1H3. The molecule has 0 unspecified atom stereocenters. The Morgan fingerprint density at radius 1 is 1.25 bits per heavy atom. The van der Waals surface area contributed by atoms with Gasteiger partial charge in [0.05, 0.1) is 6.61 Å². The summed E-state index contributed by atoms with van der Waals surface area (Å²) in [5.41, 5.74) is 8.33. The molecule has 3 heteroatoms. The van der Waals surface area contributed by atoms with Crippen molar-refractivity contribution < 1.29 is 4.74 Å². The Kier molecular flexibility index (Phi) is 6.34. The van der Waals surface area contributed by atoms with Crippen LogP contribution in [0.2, 0.25) is 0 Å². The van der Waals surface area contributed by atoms with E-state index in [-0.39, 0.29) is 0 Å². The Bertz CT molecular complexity index is 400. The van der Waals surface area contributed by atoms with Crippen LogP contribution >= 0.6 is 0 Å². The van der Waals surface area contributed by atoms with Gasteiger partial charge in [-0.25, -0.2) is 0 Å². The van der Waals surface area contributed by atoms with E-state index in [1.807, 2.05) is 0 Å². The monoisotopic (exact) mass is 276 g/mol. The molecule has 2 N–H and O–H groups in total. The molecule has 20 heavy (non-hydrogen) atoms. The average Bonchev–Trinajstić information content (AvgIpc) is 2.97. The summed E-state index contributed by atoms with van der Waals surface area (Å²) < 4.78 is 5.90. The number of hydrogen-bond acceptors (Lipinski definition) is 3. The maximum atomic E-state index is 5.90. The molecule has 1 fully saturated rings. The molecular weight excluding hydrogens is 248 g/mol. The van der Waals surface area contributed by atoms with E-state index in [9.17, 15) is 0 Å². The molecule has 1 heterocycles. The number of hydrogen-bond donors (Lipinski definition) is 1. The summed E-state index contributed by atoms with van der Waals surface area (Å²) >= 11 is 0. The Balaban J connectivity index is 2.08. The van der Waals surface area contributed by atoms with Gasteiger partial charge in [-0.3, -0.25) is 4.90 Å². The zero-order valence-electron chi connectivity index (χ0n) is 12.7. The fourth-order valence-electron chi connectivity index (χ4n) is 2.75. The highest BCUT2D eigenvalue weighted by Gasteiger charge is 2.14. The Labute approximate surface area is 123 Å². The molecule has 112 valence electrons. The third-order valence-corrected chi connectivity index (χ3v) is 3.85. The molecule has 2 rings (SSSR count). The molecule has 1 saturated heterocycles. The molecule has 0 aromatic heterocycles. The van der Waals surface area contributed by atoms with Gasteiger partial charge in [0.2, 0.25) is 0 Å². The highest BCUT2D eigenvalue weighted by Crippen LogP contribution is 2.24. The topological polar surface area (TPSA) is 38.5 Å². The highest BCUT2D eigenvalue weighted by molar-refractivity contribution is 5.37. The fourth-order valence-corrected chi connectivity index (χ4v) is 2.75. The minimum Gasteiger partial charge on any atom is -0.493 e. The summed E-state index contributed by atoms with van der Waals surface area (Å²) in [7, 11) is 0. The van der Waals surface area contributed by atoms with Gasteiger partial charge in [0, 0.05) is 12.1 Å². The maximum Gasteiger partial charge on any atom is 0.123 e. The van der Waals surface area contributed by atoms with Crippen molar-refractivity contribution >= 4 is 0 Å². The van der Waals surface area contributed by atoms with Crippen molar-refractivity contribution in [1.82, 2.24) is 4.90 Å². The van der Waals surface area contributed by atoms with Gasteiger partial charge in [-0.2, -0.15) is 0 Å². The van der Waals surface area contributed by atoms with Crippen LogP contribution < -0.4 is 10.5 Å². The van der Waals surface area contributed by atoms with Gasteiger partial charge < -0.3 is 10.5 Å². The van der Waals surface area contributed by atoms with Crippen LogP contribution in [0.4, 0.5) is 0 Å². The van der Waals surface area contributed by atoms with Crippen molar-refractivity contribution in [3.05, 3.63) is 29.3 Å². The molecule has 0 aliphatic carbocycles. The van der Waals surface area contributed by atoms with Crippen LogP contribution in [0.1, 0.15) is 43.7 Å². The first-order chi connectivity index (χ1) is 9.83. The lowest BCUT2D eigenvalue weighted by atomic mass is 10.0. The van der Waals surface area contributed by atoms with Crippen LogP contribution in [-0.4, -0.2) is 31.1 Å². The second-order valence-corrected chi connectivity index (χ2v) is 5.67. The smallest absolute Gasteiger partial charge is 0.123 e. The van der Waals surface area contributed by atoms with Crippen molar-refractivity contribution in [1.29, 1.82) is 0 Å². The van der Waals surface area contributed by atoms with Crippen LogP contribution in [0.3, 0.4) is 0 Å². The molecule has 1 aromatic rings. The first-order valence-corrected chi connectivity index (χ1v) is 8.00. The molecular formula is C17H28N2O. The first-order valence-electron chi connectivity index (χ1n) is 8.00. The largest absolute Gasteiger partial charge is 0.493 e. The van der Waals surface area contributed by atoms with E-state index >= 15 is 0 Å². The molecule has 1 aliphatic rings. The first kappa shape index (κ1) is 15.3. The zero-order chi connectivity index (χ0) is 14.2. The minimum atomic E-state index is 0.759. The Hall–Kier alpha value is -1.06. The normalized spacial score (nSPS) is 15.7. The van der Waals surface area contributed by atoms with Crippen molar-refractivity contribution in [2.24, 2.45) is 5.73 Å². The van der Waals surface area contributed by atoms with Crippen LogP contribution in [0, 0.1) is 0 Å². The van der Waals surface area contributed by atoms with Crippen molar-refractivity contribution in [2.75, 3.05) is 26.2 Å². The van der Waals surface area contributed by atoms with E-state index in [4.69, 9.17) is 10.5 Å². The predicted molar refractivity (Wildman–Crippen MR) is 84.1 cm³/mol. The van der Waals surface area contributed by atoms with E-state index in [1.54, 1.807) is 0 Å². The predicted octanol–water partition coefficient (Wildman–Crippen LogP) is 2.96. The summed E-state index contributed by atoms with van der Waals surface area (Å²) in [5, 5.41) is 0. The molecule has 0 radical (unpaired) electrons. The molecule has 1 aliphatic heterocycles. The summed E-state index contributed by atoms with van der Waals surface area (Å²) in [5.74, 6) is 1.07. The summed E-state index contributed by atoms with van der Waals surface area (Å²) in [6, 6.07) is 6.65. The number of nitrogens with zero attached hydrogens (tertiary/aromatic N) is 1. The van der Waals surface area contributed by atoms with Crippen molar-refractivity contribution in [2.45, 2.75) is 45.6 Å². The SMILES string of the molecule is CCCOc1ccc(CCCN)cc1CN1CCCC1. The number of benzene rings is 1. The van der Waals surface area contributed by atoms with Gasteiger partial charge in [0.1, 0.15) is 5.75 Å². The third kappa shape index (κ3) is 4.50. The molecule has 0 spiro atoms. The summed E-state index contributed by atoms with van der Waals surface area (Å²) in [6.45, 7) is 7.18. The number of nitrogens with two attached hydrogens (primary N) is 1. The number of rotatable bonds is 8. The van der Waals surface area contributed by atoms with E-state index in [0.29, 0.717) is 0 Å². The van der Waals surface area contributed by atoms with Gasteiger partial charge >= 0.3 is 0 Å². The quantitative estimate of drug-likeness (QED) is 0.793. The Morgan fingerprint density at radius 3 is 2.75 bits per heavy atom. The number of ether oxygens (including phenoxy) is 1. The summed E-state index contributed by atoms with van der Waals surface area (Å²) in [6.07, 6.45) is 5.84. The van der Waals surface area contributed by atoms with Gasteiger partial charge in [-0.05, 0) is 63.4 Å². The lowest BCUT2D eigenvalue weighted by molar-refractivity contribution is 0.293. The zero-order valence-corrected chi connectivity index (χ0v) is 12.7. The van der Waals surface area contributed by atoms with E-state index in [1.165, 1.54) is 37.1 Å². The lowest BCUT2D eigenvalue weighted by Crippen LogP contribution is -2.19. The van der Waals surface area contributed by atoms with Gasteiger partial charge in [-0.15, -0.1) is 0 Å². The lowest BCUT2D eigenvalue weighted by Gasteiger charge is -2.18. The van der Waals surface area contributed by atoms with Crippen LogP contribution in [0.25, 0.3) is 0 Å². The number of likely N-dealkylation sites (tertiary alicyclic amines) is 1. The Morgan fingerprint density at radius 2 is 2.05 bits per heavy atom. The number of aryl methyl sites for hydroxylation is 1. The molecule has 1 aromatic carbocycles. The minimum absolute atomic E-state index is 0.759. The van der Waals surface area contributed by atoms with Crippen molar-refractivity contribution in [3.8, 4) is 5.75 Å². The molecule has 0 amide bonds. The van der Waals surface area contributed by atoms with Gasteiger partial charge in [-0.1, -0.05) is 19.1 Å². The molecule has 0 atom stereocenters. The molecule has 3 nitrogen and oxygen atoms in total. The van der Waals surface area contributed by atoms with E-state index < -0.39 is 0 Å². The van der Waals surface area contributed by atoms with Crippen molar-refractivity contribution in [3.63, 3.8) is 0 Å².